The highest BCUT2D eigenvalue weighted by Gasteiger charge is 2.29. The van der Waals surface area contributed by atoms with Crippen molar-refractivity contribution in [2.45, 2.75) is 26.0 Å². The van der Waals surface area contributed by atoms with Crippen LogP contribution in [0.25, 0.3) is 0 Å². The van der Waals surface area contributed by atoms with Gasteiger partial charge in [0.15, 0.2) is 0 Å². The Morgan fingerprint density at radius 3 is 2.21 bits per heavy atom. The smallest absolute Gasteiger partial charge is 0.407 e. The molecule has 0 radical (unpaired) electrons. The van der Waals surface area contributed by atoms with E-state index in [0.717, 1.165) is 11.3 Å². The summed E-state index contributed by atoms with van der Waals surface area (Å²) in [4.78, 5) is 26.4. The molecule has 2 N–H and O–H groups in total. The molecule has 0 atom stereocenters. The van der Waals surface area contributed by atoms with E-state index in [4.69, 9.17) is 17.0 Å². The Labute approximate surface area is 170 Å². The fourth-order valence-electron chi connectivity index (χ4n) is 2.56. The topological polar surface area (TPSA) is 70.7 Å². The number of thiocarbonyl (C=S) groups is 1. The molecular weight excluding hydrogens is 374 g/mol. The number of hydrogen-bond acceptors (Lipinski definition) is 4. The third-order valence-electron chi connectivity index (χ3n) is 4.04. The molecule has 6 nitrogen and oxygen atoms in total. The Hall–Kier alpha value is -2.93. The van der Waals surface area contributed by atoms with Crippen molar-refractivity contribution in [2.75, 3.05) is 18.5 Å². The molecule has 0 unspecified atom stereocenters. The normalized spacial score (nSPS) is 10.7. The van der Waals surface area contributed by atoms with Crippen LogP contribution in [0, 0.1) is 0 Å². The van der Waals surface area contributed by atoms with Gasteiger partial charge in [0.2, 0.25) is 5.91 Å². The van der Waals surface area contributed by atoms with E-state index >= 15 is 0 Å². The van der Waals surface area contributed by atoms with Crippen LogP contribution in [0.3, 0.4) is 0 Å². The maximum absolute atomic E-state index is 12.2. The molecule has 0 fully saturated rings. The lowest BCUT2D eigenvalue weighted by molar-refractivity contribution is -0.121. The molecule has 2 rings (SSSR count). The summed E-state index contributed by atoms with van der Waals surface area (Å²) in [5.74, 6) is -0.356. The summed E-state index contributed by atoms with van der Waals surface area (Å²) >= 11 is 5.54. The first-order chi connectivity index (χ1) is 13.3. The van der Waals surface area contributed by atoms with Gasteiger partial charge < -0.3 is 20.3 Å². The lowest BCUT2D eigenvalue weighted by atomic mass is 10.0. The lowest BCUT2D eigenvalue weighted by Gasteiger charge is -2.33. The van der Waals surface area contributed by atoms with Gasteiger partial charge in [-0.3, -0.25) is 4.79 Å². The number of benzene rings is 2. The zero-order valence-corrected chi connectivity index (χ0v) is 17.1. The lowest BCUT2D eigenvalue weighted by Crippen LogP contribution is -2.56. The van der Waals surface area contributed by atoms with Crippen LogP contribution in [0.1, 0.15) is 19.4 Å². The summed E-state index contributed by atoms with van der Waals surface area (Å²) in [5.41, 5.74) is 1.03. The molecule has 0 spiro atoms. The number of carbonyl (C=O) groups is 2. The van der Waals surface area contributed by atoms with Crippen LogP contribution in [0.5, 0.6) is 0 Å². The summed E-state index contributed by atoms with van der Waals surface area (Å²) in [5, 5.41) is 5.29. The van der Waals surface area contributed by atoms with Crippen LogP contribution in [-0.2, 0) is 16.1 Å². The van der Waals surface area contributed by atoms with Crippen LogP contribution < -0.4 is 15.5 Å². The molecule has 0 aromatic heterocycles. The van der Waals surface area contributed by atoms with E-state index in [1.165, 1.54) is 0 Å². The molecule has 0 saturated heterocycles. The predicted octanol–water partition coefficient (Wildman–Crippen LogP) is 3.27. The van der Waals surface area contributed by atoms with Crippen molar-refractivity contribution >= 4 is 34.9 Å². The monoisotopic (exact) mass is 399 g/mol. The van der Waals surface area contributed by atoms with Crippen molar-refractivity contribution in [1.29, 1.82) is 0 Å². The molecular formula is C21H25N3O3S. The van der Waals surface area contributed by atoms with Crippen LogP contribution in [0.2, 0.25) is 0 Å². The summed E-state index contributed by atoms with van der Waals surface area (Å²) in [6.45, 7) is 3.58. The second-order valence-corrected chi connectivity index (χ2v) is 7.17. The highest BCUT2D eigenvalue weighted by atomic mass is 32.1. The molecule has 0 saturated carbocycles. The highest BCUT2D eigenvalue weighted by molar-refractivity contribution is 7.80. The number of likely N-dealkylation sites (N-methyl/N-ethyl adjacent to an activating group) is 1. The molecule has 2 aromatic rings. The van der Waals surface area contributed by atoms with Gasteiger partial charge in [-0.15, -0.1) is 0 Å². The van der Waals surface area contributed by atoms with Crippen molar-refractivity contribution in [3.05, 3.63) is 66.2 Å². The third-order valence-corrected chi connectivity index (χ3v) is 4.82. The number of hydrogen-bond donors (Lipinski definition) is 2. The molecule has 2 amide bonds. The van der Waals surface area contributed by atoms with E-state index in [2.05, 4.69) is 10.6 Å². The molecule has 0 heterocycles. The molecule has 148 valence electrons. The Kier molecular flexibility index (Phi) is 7.52. The molecule has 2 aromatic carbocycles. The van der Waals surface area contributed by atoms with Gasteiger partial charge in [0.25, 0.3) is 0 Å². The molecule has 0 bridgehead atoms. The first-order valence-corrected chi connectivity index (χ1v) is 9.29. The molecule has 0 aliphatic carbocycles. The van der Waals surface area contributed by atoms with Gasteiger partial charge in [0, 0.05) is 12.7 Å². The summed E-state index contributed by atoms with van der Waals surface area (Å²) in [7, 11) is 1.85. The zero-order chi connectivity index (χ0) is 20.6. The van der Waals surface area contributed by atoms with E-state index in [1.807, 2.05) is 86.5 Å². The van der Waals surface area contributed by atoms with E-state index in [9.17, 15) is 9.59 Å². The molecule has 7 heteroatoms. The maximum atomic E-state index is 12.2. The van der Waals surface area contributed by atoms with Crippen molar-refractivity contribution in [2.24, 2.45) is 0 Å². The third kappa shape index (κ3) is 6.35. The Balaban J connectivity index is 1.80. The Morgan fingerprint density at radius 1 is 1.04 bits per heavy atom. The Bertz CT molecular complexity index is 810. The van der Waals surface area contributed by atoms with Gasteiger partial charge in [0.05, 0.1) is 5.54 Å². The fraction of sp³-hybridized carbons (Fsp3) is 0.286. The van der Waals surface area contributed by atoms with Crippen LogP contribution in [0.15, 0.2) is 60.7 Å². The minimum absolute atomic E-state index is 0.145. The number of carbonyl (C=O) groups excluding carboxylic acids is 2. The first-order valence-electron chi connectivity index (χ1n) is 8.88. The minimum Gasteiger partial charge on any atom is -0.445 e. The zero-order valence-electron chi connectivity index (χ0n) is 16.3. The second kappa shape index (κ2) is 9.85. The van der Waals surface area contributed by atoms with Crippen molar-refractivity contribution in [1.82, 2.24) is 10.6 Å². The van der Waals surface area contributed by atoms with Gasteiger partial charge in [0.1, 0.15) is 18.1 Å². The summed E-state index contributed by atoms with van der Waals surface area (Å²) < 4.78 is 5.09. The quantitative estimate of drug-likeness (QED) is 0.700. The number of anilines is 1. The maximum Gasteiger partial charge on any atom is 0.407 e. The second-order valence-electron chi connectivity index (χ2n) is 6.79. The number of nitrogens with one attached hydrogen (secondary N) is 2. The number of alkyl carbamates (subject to hydrolysis) is 1. The Morgan fingerprint density at radius 2 is 1.61 bits per heavy atom. The highest BCUT2D eigenvalue weighted by Crippen LogP contribution is 2.17. The van der Waals surface area contributed by atoms with Crippen LogP contribution >= 0.6 is 12.2 Å². The van der Waals surface area contributed by atoms with Crippen LogP contribution in [0.4, 0.5) is 10.5 Å². The SMILES string of the molecule is CN(C(=S)C(C)(C)NC(=O)CNC(=O)OCc1ccccc1)c1ccccc1. The van der Waals surface area contributed by atoms with Crippen LogP contribution in [-0.4, -0.2) is 36.1 Å². The van der Waals surface area contributed by atoms with Gasteiger partial charge in [-0.1, -0.05) is 60.7 Å². The summed E-state index contributed by atoms with van der Waals surface area (Å²) in [6.07, 6.45) is -0.652. The average molecular weight is 400 g/mol. The standard InChI is InChI=1S/C21H25N3O3S/c1-21(2,19(28)24(3)17-12-8-5-9-13-17)23-18(25)14-22-20(26)27-15-16-10-6-4-7-11-16/h4-13H,14-15H2,1-3H3,(H,22,26)(H,23,25). The number of nitrogens with zero attached hydrogens (tertiary/aromatic N) is 1. The number of rotatable bonds is 7. The van der Waals surface area contributed by atoms with E-state index in [0.29, 0.717) is 4.99 Å². The van der Waals surface area contributed by atoms with Gasteiger partial charge in [-0.25, -0.2) is 4.79 Å². The number of para-hydroxylation sites is 1. The van der Waals surface area contributed by atoms with Crippen molar-refractivity contribution in [3.8, 4) is 0 Å². The van der Waals surface area contributed by atoms with E-state index < -0.39 is 11.6 Å². The predicted molar refractivity (Wildman–Crippen MR) is 114 cm³/mol. The fourth-order valence-corrected chi connectivity index (χ4v) is 2.72. The van der Waals surface area contributed by atoms with Crippen molar-refractivity contribution < 1.29 is 14.3 Å². The van der Waals surface area contributed by atoms with Crippen molar-refractivity contribution in [3.63, 3.8) is 0 Å². The minimum atomic E-state index is -0.771. The number of amides is 2. The largest absolute Gasteiger partial charge is 0.445 e. The van der Waals surface area contributed by atoms with Gasteiger partial charge >= 0.3 is 6.09 Å². The van der Waals surface area contributed by atoms with E-state index in [-0.39, 0.29) is 19.1 Å². The van der Waals surface area contributed by atoms with Gasteiger partial charge in [-0.05, 0) is 31.5 Å². The molecule has 28 heavy (non-hydrogen) atoms. The molecule has 0 aliphatic heterocycles. The molecule has 0 aliphatic rings. The first kappa shape index (κ1) is 21.4. The van der Waals surface area contributed by atoms with E-state index in [1.54, 1.807) is 0 Å². The average Bonchev–Trinajstić information content (AvgIpc) is 2.70. The van der Waals surface area contributed by atoms with Gasteiger partial charge in [-0.2, -0.15) is 0 Å². The number of ether oxygens (including phenoxy) is 1. The summed E-state index contributed by atoms with van der Waals surface area (Å²) in [6, 6.07) is 19.0.